The van der Waals surface area contributed by atoms with Crippen LogP contribution in [0.4, 0.5) is 13.6 Å². The van der Waals surface area contributed by atoms with Gasteiger partial charge in [-0.1, -0.05) is 30.3 Å². The molecule has 1 unspecified atom stereocenters. The predicted octanol–water partition coefficient (Wildman–Crippen LogP) is 3.83. The van der Waals surface area contributed by atoms with Gasteiger partial charge in [-0.3, -0.25) is 0 Å². The second-order valence-corrected chi connectivity index (χ2v) is 12.1. The Morgan fingerprint density at radius 3 is 2.41 bits per heavy atom. The van der Waals surface area contributed by atoms with E-state index in [4.69, 9.17) is 9.47 Å². The summed E-state index contributed by atoms with van der Waals surface area (Å²) in [5, 5.41) is 1.87. The van der Waals surface area contributed by atoms with E-state index in [9.17, 15) is 22.0 Å². The number of hydrogen-bond donors (Lipinski definition) is 1. The van der Waals surface area contributed by atoms with Crippen LogP contribution >= 0.6 is 0 Å². The molecule has 2 saturated heterocycles. The quantitative estimate of drug-likeness (QED) is 0.685. The van der Waals surface area contributed by atoms with E-state index < -0.39 is 48.7 Å². The number of fused-ring (bicyclic) bond motifs is 1. The largest absolute Gasteiger partial charge is 0.442 e. The summed E-state index contributed by atoms with van der Waals surface area (Å²) in [6, 6.07) is 10.7. The van der Waals surface area contributed by atoms with Gasteiger partial charge in [0.05, 0.1) is 13.2 Å². The van der Waals surface area contributed by atoms with Gasteiger partial charge in [0.1, 0.15) is 33.9 Å². The zero-order valence-corrected chi connectivity index (χ0v) is 20.1. The van der Waals surface area contributed by atoms with Gasteiger partial charge in [-0.2, -0.15) is 4.99 Å². The molecule has 7 nitrogen and oxygen atoms in total. The monoisotopic (exact) mass is 492 g/mol. The van der Waals surface area contributed by atoms with Crippen LogP contribution in [-0.2, 0) is 29.6 Å². The third kappa shape index (κ3) is 3.78. The summed E-state index contributed by atoms with van der Waals surface area (Å²) >= 11 is 0. The van der Waals surface area contributed by atoms with E-state index in [1.807, 2.05) is 0 Å². The Morgan fingerprint density at radius 1 is 1.15 bits per heavy atom. The first-order chi connectivity index (χ1) is 15.8. The van der Waals surface area contributed by atoms with Crippen LogP contribution in [0.3, 0.4) is 0 Å². The molecule has 2 heterocycles. The molecule has 1 amide bonds. The number of benzene rings is 2. The highest BCUT2D eigenvalue weighted by atomic mass is 32.2. The highest BCUT2D eigenvalue weighted by molar-refractivity contribution is 7.94. The first-order valence-corrected chi connectivity index (χ1v) is 12.3. The summed E-state index contributed by atoms with van der Waals surface area (Å²) < 4.78 is 66.0. The van der Waals surface area contributed by atoms with E-state index in [0.29, 0.717) is 0 Å². The zero-order valence-electron chi connectivity index (χ0n) is 19.3. The molecule has 0 bridgehead atoms. The second kappa shape index (κ2) is 8.13. The van der Waals surface area contributed by atoms with Gasteiger partial charge in [-0.05, 0) is 51.5 Å². The van der Waals surface area contributed by atoms with Gasteiger partial charge in [0, 0.05) is 5.56 Å². The van der Waals surface area contributed by atoms with Crippen molar-refractivity contribution in [2.45, 2.75) is 48.8 Å². The van der Waals surface area contributed by atoms with Gasteiger partial charge in [0.15, 0.2) is 14.6 Å². The molecular weight excluding hydrogens is 466 g/mol. The van der Waals surface area contributed by atoms with Gasteiger partial charge in [0.2, 0.25) is 0 Å². The lowest BCUT2D eigenvalue weighted by atomic mass is 9.85. The molecule has 0 saturated carbocycles. The predicted molar refractivity (Wildman–Crippen MR) is 122 cm³/mol. The molecule has 0 radical (unpaired) electrons. The summed E-state index contributed by atoms with van der Waals surface area (Å²) in [6.07, 6.45) is -1.01. The minimum Gasteiger partial charge on any atom is -0.442 e. The van der Waals surface area contributed by atoms with Crippen LogP contribution in [0, 0.1) is 11.6 Å². The van der Waals surface area contributed by atoms with Crippen molar-refractivity contribution in [3.63, 3.8) is 0 Å². The molecule has 3 atom stereocenters. The van der Waals surface area contributed by atoms with Gasteiger partial charge < -0.3 is 14.8 Å². The number of nitrogens with one attached hydrogen (secondary N) is 1. The van der Waals surface area contributed by atoms with Crippen LogP contribution in [0.1, 0.15) is 38.8 Å². The average molecular weight is 493 g/mol. The molecule has 10 heteroatoms. The molecule has 2 aromatic carbocycles. The SMILES string of the molecule is CC(C)(C)OC(=O)/N=C1/N[C@@]2(c3ccccc3F)COC[C@H]2S(=O)(=O)C1(C)c1ccc(F)cc1. The number of amides is 1. The number of carbonyl (C=O) groups is 1. The lowest BCUT2D eigenvalue weighted by Gasteiger charge is -2.48. The number of ether oxygens (including phenoxy) is 2. The molecule has 182 valence electrons. The van der Waals surface area contributed by atoms with E-state index in [0.717, 1.165) is 12.1 Å². The number of nitrogens with zero attached hydrogens (tertiary/aromatic N) is 1. The Bertz CT molecular complexity index is 1260. The first-order valence-electron chi connectivity index (χ1n) is 10.7. The smallest absolute Gasteiger partial charge is 0.435 e. The lowest BCUT2D eigenvalue weighted by Crippen LogP contribution is -2.69. The number of rotatable bonds is 2. The fourth-order valence-corrected chi connectivity index (χ4v) is 6.96. The fourth-order valence-electron chi connectivity index (χ4n) is 4.50. The maximum atomic E-state index is 15.0. The van der Waals surface area contributed by atoms with Crippen molar-refractivity contribution in [1.82, 2.24) is 5.32 Å². The molecule has 2 aromatic rings. The molecule has 2 aliphatic heterocycles. The first kappa shape index (κ1) is 24.3. The van der Waals surface area contributed by atoms with Crippen LogP contribution in [-0.4, -0.2) is 44.4 Å². The highest BCUT2D eigenvalue weighted by Gasteiger charge is 2.65. The van der Waals surface area contributed by atoms with Crippen molar-refractivity contribution < 1.29 is 31.5 Å². The van der Waals surface area contributed by atoms with Gasteiger partial charge in [-0.25, -0.2) is 22.0 Å². The van der Waals surface area contributed by atoms with Crippen LogP contribution in [0.25, 0.3) is 0 Å². The van der Waals surface area contributed by atoms with Gasteiger partial charge in [-0.15, -0.1) is 0 Å². The highest BCUT2D eigenvalue weighted by Crippen LogP contribution is 2.48. The Kier molecular flexibility index (Phi) is 5.80. The van der Waals surface area contributed by atoms with Crippen LogP contribution in [0.15, 0.2) is 53.5 Å². The number of sulfone groups is 1. The number of carbonyl (C=O) groups excluding carboxylic acids is 1. The normalized spacial score (nSPS) is 29.4. The molecule has 4 rings (SSSR count). The average Bonchev–Trinajstić information content (AvgIpc) is 3.17. The fraction of sp³-hybridized carbons (Fsp3) is 0.417. The third-order valence-electron chi connectivity index (χ3n) is 6.23. The maximum Gasteiger partial charge on any atom is 0.435 e. The topological polar surface area (TPSA) is 94.1 Å². The van der Waals surface area contributed by atoms with Crippen molar-refractivity contribution in [2.75, 3.05) is 13.2 Å². The standard InChI is InChI=1S/C24H26F2N2O5S/c1-22(2,3)33-21(29)27-20-23(4,15-9-11-16(25)12-10-15)34(30,31)19-13-32-14-24(19,28-20)17-7-5-6-8-18(17)26/h5-12,19H,13-14H2,1-4H3,(H,27,28,29)/t19-,23?,24-/m1/s1. The molecule has 34 heavy (non-hydrogen) atoms. The summed E-state index contributed by atoms with van der Waals surface area (Å²) in [6.45, 7) is 5.98. The van der Waals surface area contributed by atoms with E-state index in [2.05, 4.69) is 10.3 Å². The molecular formula is C24H26F2N2O5S. The summed E-state index contributed by atoms with van der Waals surface area (Å²) in [4.78, 5) is 16.7. The number of hydrogen-bond acceptors (Lipinski definition) is 5. The van der Waals surface area contributed by atoms with Crippen molar-refractivity contribution in [3.05, 3.63) is 71.3 Å². The second-order valence-electron chi connectivity index (χ2n) is 9.61. The zero-order chi connectivity index (χ0) is 24.9. The summed E-state index contributed by atoms with van der Waals surface area (Å²) in [5.74, 6) is -1.43. The lowest BCUT2D eigenvalue weighted by molar-refractivity contribution is 0.0602. The van der Waals surface area contributed by atoms with E-state index in [1.165, 1.54) is 37.3 Å². The Balaban J connectivity index is 1.97. The molecule has 1 N–H and O–H groups in total. The van der Waals surface area contributed by atoms with Crippen molar-refractivity contribution in [3.8, 4) is 0 Å². The number of aliphatic imine (C=N–C) groups is 1. The van der Waals surface area contributed by atoms with Crippen molar-refractivity contribution in [2.24, 2.45) is 4.99 Å². The molecule has 0 aliphatic carbocycles. The minimum atomic E-state index is -4.24. The Morgan fingerprint density at radius 2 is 1.79 bits per heavy atom. The Hall–Kier alpha value is -2.85. The number of amidine groups is 1. The molecule has 0 aromatic heterocycles. The maximum absolute atomic E-state index is 15.0. The van der Waals surface area contributed by atoms with Crippen LogP contribution < -0.4 is 5.32 Å². The summed E-state index contributed by atoms with van der Waals surface area (Å²) in [5.41, 5.74) is -2.13. The Labute approximate surface area is 197 Å². The molecule has 2 aliphatic rings. The van der Waals surface area contributed by atoms with Gasteiger partial charge in [0.25, 0.3) is 0 Å². The van der Waals surface area contributed by atoms with Crippen LogP contribution in [0.5, 0.6) is 0 Å². The number of halogens is 2. The van der Waals surface area contributed by atoms with Gasteiger partial charge >= 0.3 is 6.09 Å². The van der Waals surface area contributed by atoms with E-state index in [1.54, 1.807) is 26.8 Å². The molecule has 2 fully saturated rings. The minimum absolute atomic E-state index is 0.0825. The third-order valence-corrected chi connectivity index (χ3v) is 9.09. The molecule has 0 spiro atoms. The van der Waals surface area contributed by atoms with Crippen molar-refractivity contribution in [1.29, 1.82) is 0 Å². The van der Waals surface area contributed by atoms with Crippen LogP contribution in [0.2, 0.25) is 0 Å². The van der Waals surface area contributed by atoms with E-state index in [-0.39, 0.29) is 30.2 Å². The van der Waals surface area contributed by atoms with Crippen molar-refractivity contribution >= 4 is 21.8 Å². The van der Waals surface area contributed by atoms with E-state index >= 15 is 0 Å². The summed E-state index contributed by atoms with van der Waals surface area (Å²) in [7, 11) is -4.24.